The Labute approximate surface area is 125 Å². The van der Waals surface area contributed by atoms with Gasteiger partial charge in [-0.25, -0.2) is 17.9 Å². The molecule has 1 aliphatic heterocycles. The van der Waals surface area contributed by atoms with Crippen molar-refractivity contribution in [1.82, 2.24) is 9.62 Å². The molecule has 2 amide bonds. The van der Waals surface area contributed by atoms with Gasteiger partial charge in [0.15, 0.2) is 0 Å². The number of nitrogens with zero attached hydrogens (tertiary/aromatic N) is 1. The molecule has 1 aromatic rings. The number of rotatable bonds is 2. The highest BCUT2D eigenvalue weighted by Gasteiger charge is 2.32. The maximum absolute atomic E-state index is 12.3. The maximum atomic E-state index is 12.3. The van der Waals surface area contributed by atoms with E-state index in [0.29, 0.717) is 13.2 Å². The average molecular weight is 312 g/mol. The number of hydrogen-bond donors (Lipinski definition) is 1. The highest BCUT2D eigenvalue weighted by Crippen LogP contribution is 2.15. The summed E-state index contributed by atoms with van der Waals surface area (Å²) in [7, 11) is -3.85. The van der Waals surface area contributed by atoms with E-state index in [1.165, 1.54) is 17.0 Å². The Morgan fingerprint density at radius 3 is 2.24 bits per heavy atom. The second-order valence-electron chi connectivity index (χ2n) is 5.37. The van der Waals surface area contributed by atoms with Gasteiger partial charge in [0.25, 0.3) is 10.0 Å². The van der Waals surface area contributed by atoms with Crippen LogP contribution in [0, 0.1) is 6.92 Å². The first-order chi connectivity index (χ1) is 9.81. The number of aryl methyl sites for hydroxylation is 1. The number of carbonyl (C=O) groups is 1. The molecule has 1 fully saturated rings. The number of nitrogens with one attached hydrogen (secondary N) is 1. The van der Waals surface area contributed by atoms with Crippen LogP contribution >= 0.6 is 0 Å². The first-order valence-electron chi connectivity index (χ1n) is 6.81. The Morgan fingerprint density at radius 1 is 1.19 bits per heavy atom. The lowest BCUT2D eigenvalue weighted by Gasteiger charge is -2.38. The summed E-state index contributed by atoms with van der Waals surface area (Å²) in [6.07, 6.45) is 0. The molecule has 116 valence electrons. The van der Waals surface area contributed by atoms with Crippen molar-refractivity contribution in [2.45, 2.75) is 37.8 Å². The molecule has 1 aliphatic rings. The SMILES string of the molecule is Cc1ccc(S(=O)(=O)NC(=O)N2C(C)COCC2C)cc1. The number of urea groups is 1. The van der Waals surface area contributed by atoms with Gasteiger partial charge in [0, 0.05) is 0 Å². The molecule has 0 aliphatic carbocycles. The van der Waals surface area contributed by atoms with Gasteiger partial charge in [-0.15, -0.1) is 0 Å². The van der Waals surface area contributed by atoms with Crippen molar-refractivity contribution in [3.8, 4) is 0 Å². The second-order valence-corrected chi connectivity index (χ2v) is 7.05. The van der Waals surface area contributed by atoms with Crippen molar-refractivity contribution < 1.29 is 17.9 Å². The van der Waals surface area contributed by atoms with E-state index in [0.717, 1.165) is 5.56 Å². The van der Waals surface area contributed by atoms with Crippen LogP contribution in [0.5, 0.6) is 0 Å². The summed E-state index contributed by atoms with van der Waals surface area (Å²) in [5.74, 6) is 0. The van der Waals surface area contributed by atoms with E-state index in [4.69, 9.17) is 4.74 Å². The van der Waals surface area contributed by atoms with Crippen LogP contribution in [0.4, 0.5) is 4.79 Å². The summed E-state index contributed by atoms with van der Waals surface area (Å²) in [6, 6.07) is 5.41. The highest BCUT2D eigenvalue weighted by molar-refractivity contribution is 7.90. The van der Waals surface area contributed by atoms with Crippen molar-refractivity contribution >= 4 is 16.1 Å². The highest BCUT2D eigenvalue weighted by atomic mass is 32.2. The smallest absolute Gasteiger partial charge is 0.331 e. The van der Waals surface area contributed by atoms with E-state index in [9.17, 15) is 13.2 Å². The predicted molar refractivity (Wildman–Crippen MR) is 78.5 cm³/mol. The maximum Gasteiger partial charge on any atom is 0.331 e. The lowest BCUT2D eigenvalue weighted by molar-refractivity contribution is -0.0129. The third-order valence-electron chi connectivity index (χ3n) is 3.46. The summed E-state index contributed by atoms with van der Waals surface area (Å²) in [5, 5.41) is 0. The molecule has 0 radical (unpaired) electrons. The summed E-state index contributed by atoms with van der Waals surface area (Å²) >= 11 is 0. The zero-order valence-electron chi connectivity index (χ0n) is 12.4. The van der Waals surface area contributed by atoms with Crippen LogP contribution in [-0.2, 0) is 14.8 Å². The molecule has 1 aromatic carbocycles. The van der Waals surface area contributed by atoms with Crippen LogP contribution in [0.3, 0.4) is 0 Å². The van der Waals surface area contributed by atoms with E-state index in [1.54, 1.807) is 12.1 Å². The molecular weight excluding hydrogens is 292 g/mol. The van der Waals surface area contributed by atoms with Gasteiger partial charge in [-0.1, -0.05) is 17.7 Å². The van der Waals surface area contributed by atoms with Gasteiger partial charge in [-0.2, -0.15) is 0 Å². The molecule has 1 heterocycles. The van der Waals surface area contributed by atoms with Gasteiger partial charge in [0.2, 0.25) is 0 Å². The van der Waals surface area contributed by atoms with Gasteiger partial charge in [-0.05, 0) is 32.9 Å². The first-order valence-corrected chi connectivity index (χ1v) is 8.29. The molecule has 0 spiro atoms. The Bertz CT molecular complexity index is 602. The Hall–Kier alpha value is -1.60. The standard InChI is InChI=1S/C14H20N2O4S/c1-10-4-6-13(7-5-10)21(18,19)15-14(17)16-11(2)8-20-9-12(16)3/h4-7,11-12H,8-9H2,1-3H3,(H,15,17). The molecule has 1 N–H and O–H groups in total. The van der Waals surface area contributed by atoms with Gasteiger partial charge in [0.05, 0.1) is 30.2 Å². The molecule has 2 unspecified atom stereocenters. The number of carbonyl (C=O) groups excluding carboxylic acids is 1. The molecule has 0 bridgehead atoms. The summed E-state index contributed by atoms with van der Waals surface area (Å²) in [5.41, 5.74) is 0.954. The van der Waals surface area contributed by atoms with Crippen molar-refractivity contribution in [3.63, 3.8) is 0 Å². The molecule has 1 saturated heterocycles. The molecular formula is C14H20N2O4S. The minimum absolute atomic E-state index is 0.0787. The van der Waals surface area contributed by atoms with Crippen molar-refractivity contribution in [3.05, 3.63) is 29.8 Å². The van der Waals surface area contributed by atoms with Crippen LogP contribution < -0.4 is 4.72 Å². The van der Waals surface area contributed by atoms with Crippen LogP contribution in [0.25, 0.3) is 0 Å². The number of ether oxygens (including phenoxy) is 1. The lowest BCUT2D eigenvalue weighted by atomic mass is 10.2. The first kappa shape index (κ1) is 15.8. The van der Waals surface area contributed by atoms with Gasteiger partial charge in [0.1, 0.15) is 0 Å². The monoisotopic (exact) mass is 312 g/mol. The largest absolute Gasteiger partial charge is 0.377 e. The molecule has 6 nitrogen and oxygen atoms in total. The van der Waals surface area contributed by atoms with Gasteiger partial charge in [-0.3, -0.25) is 0 Å². The number of benzene rings is 1. The minimum atomic E-state index is -3.85. The molecule has 2 rings (SSSR count). The normalized spacial score (nSPS) is 22.9. The third kappa shape index (κ3) is 3.54. The Kier molecular flexibility index (Phi) is 4.53. The zero-order chi connectivity index (χ0) is 15.6. The topological polar surface area (TPSA) is 75.7 Å². The Morgan fingerprint density at radius 2 is 1.71 bits per heavy atom. The lowest BCUT2D eigenvalue weighted by Crippen LogP contribution is -2.56. The quantitative estimate of drug-likeness (QED) is 0.898. The van der Waals surface area contributed by atoms with E-state index >= 15 is 0 Å². The van der Waals surface area contributed by atoms with Gasteiger partial charge >= 0.3 is 6.03 Å². The second kappa shape index (κ2) is 6.03. The predicted octanol–water partition coefficient (Wildman–Crippen LogP) is 1.50. The summed E-state index contributed by atoms with van der Waals surface area (Å²) in [4.78, 5) is 13.8. The third-order valence-corrected chi connectivity index (χ3v) is 4.79. The number of amides is 2. The number of morpholine rings is 1. The molecule has 2 atom stereocenters. The van der Waals surface area contributed by atoms with E-state index < -0.39 is 16.1 Å². The number of hydrogen-bond acceptors (Lipinski definition) is 4. The summed E-state index contributed by atoms with van der Waals surface area (Å²) < 4.78 is 31.9. The molecule has 0 saturated carbocycles. The summed E-state index contributed by atoms with van der Waals surface area (Å²) in [6.45, 7) is 6.33. The van der Waals surface area contributed by atoms with Crippen molar-refractivity contribution in [2.75, 3.05) is 13.2 Å². The molecule has 0 aromatic heterocycles. The Balaban J connectivity index is 2.16. The van der Waals surface area contributed by atoms with Crippen LogP contribution in [-0.4, -0.2) is 44.6 Å². The fourth-order valence-electron chi connectivity index (χ4n) is 2.35. The molecule has 7 heteroatoms. The number of sulfonamides is 1. The van der Waals surface area contributed by atoms with E-state index in [-0.39, 0.29) is 17.0 Å². The van der Waals surface area contributed by atoms with Crippen LogP contribution in [0.2, 0.25) is 0 Å². The van der Waals surface area contributed by atoms with Gasteiger partial charge < -0.3 is 9.64 Å². The van der Waals surface area contributed by atoms with E-state index in [1.807, 2.05) is 20.8 Å². The van der Waals surface area contributed by atoms with Crippen LogP contribution in [0.1, 0.15) is 19.4 Å². The fourth-order valence-corrected chi connectivity index (χ4v) is 3.30. The van der Waals surface area contributed by atoms with E-state index in [2.05, 4.69) is 4.72 Å². The van der Waals surface area contributed by atoms with Crippen LogP contribution in [0.15, 0.2) is 29.2 Å². The molecule has 21 heavy (non-hydrogen) atoms. The fraction of sp³-hybridized carbons (Fsp3) is 0.500. The minimum Gasteiger partial charge on any atom is -0.377 e. The zero-order valence-corrected chi connectivity index (χ0v) is 13.2. The average Bonchev–Trinajstić information content (AvgIpc) is 2.38. The van der Waals surface area contributed by atoms with Crippen molar-refractivity contribution in [1.29, 1.82) is 0 Å². The van der Waals surface area contributed by atoms with Crippen molar-refractivity contribution in [2.24, 2.45) is 0 Å².